The number of amides is 1. The fourth-order valence-electron chi connectivity index (χ4n) is 6.62. The number of fused-ring (bicyclic) bond motifs is 2. The number of rotatable bonds is 7. The van der Waals surface area contributed by atoms with E-state index in [1.54, 1.807) is 13.0 Å². The molecule has 1 atom stereocenters. The number of benzene rings is 3. The van der Waals surface area contributed by atoms with Crippen molar-refractivity contribution in [3.63, 3.8) is 0 Å². The molecule has 0 fully saturated rings. The van der Waals surface area contributed by atoms with Gasteiger partial charge in [-0.2, -0.15) is 0 Å². The third kappa shape index (κ3) is 5.90. The second-order valence-electron chi connectivity index (χ2n) is 12.6. The molecule has 0 saturated carbocycles. The van der Waals surface area contributed by atoms with Crippen molar-refractivity contribution in [2.75, 3.05) is 25.2 Å². The van der Waals surface area contributed by atoms with Crippen LogP contribution in [0.15, 0.2) is 24.3 Å². The molecule has 0 aromatic heterocycles. The van der Waals surface area contributed by atoms with Crippen LogP contribution in [0.1, 0.15) is 79.2 Å². The molecule has 0 radical (unpaired) electrons. The number of anilines is 1. The second-order valence-corrected chi connectivity index (χ2v) is 12.6. The predicted molar refractivity (Wildman–Crippen MR) is 168 cm³/mol. The number of ether oxygens (including phenoxy) is 4. The molecule has 0 saturated heterocycles. The van der Waals surface area contributed by atoms with Gasteiger partial charge in [0, 0.05) is 11.1 Å². The van der Waals surface area contributed by atoms with E-state index in [4.69, 9.17) is 18.9 Å². The summed E-state index contributed by atoms with van der Waals surface area (Å²) in [5, 5.41) is 0. The van der Waals surface area contributed by atoms with Gasteiger partial charge in [-0.15, -0.1) is 0 Å². The first-order valence-corrected chi connectivity index (χ1v) is 15.4. The molecule has 0 aliphatic carbocycles. The van der Waals surface area contributed by atoms with Crippen molar-refractivity contribution >= 4 is 17.6 Å². The first-order chi connectivity index (χ1) is 21.3. The van der Waals surface area contributed by atoms with E-state index in [1.165, 1.54) is 30.2 Å². The minimum Gasteiger partial charge on any atom is -0.492 e. The van der Waals surface area contributed by atoms with E-state index in [-0.39, 0.29) is 37.0 Å². The first-order valence-electron chi connectivity index (χ1n) is 15.4. The van der Waals surface area contributed by atoms with Crippen LogP contribution in [0.4, 0.5) is 14.5 Å². The number of esters is 1. The Bertz CT molecular complexity index is 1680. The molecule has 0 bridgehead atoms. The number of methoxy groups -OCH3 is 1. The molecular formula is C36H41F2NO6. The van der Waals surface area contributed by atoms with Crippen LogP contribution in [0, 0.1) is 32.4 Å². The molecule has 9 heteroatoms. The zero-order valence-electron chi connectivity index (χ0n) is 27.3. The standard InChI is InChI=1S/C36H41F2NO6/c1-9-43-35(41)34(45-36(5,6)7)31-20(3)23-17-29(40)39(28-14-10-13-26(37)33(28)42-8)18-25(23)21(4)30(31)24-16-27(38)32-22(19(24)2)12-11-15-44-32/h10,13-14,16,34H,9,11-12,15,17-18H2,1-8H3. The van der Waals surface area contributed by atoms with E-state index in [2.05, 4.69) is 0 Å². The summed E-state index contributed by atoms with van der Waals surface area (Å²) in [5.74, 6) is -1.62. The monoisotopic (exact) mass is 621 g/mol. The van der Waals surface area contributed by atoms with Crippen molar-refractivity contribution in [2.24, 2.45) is 0 Å². The normalized spacial score (nSPS) is 15.2. The smallest absolute Gasteiger partial charge is 0.339 e. The summed E-state index contributed by atoms with van der Waals surface area (Å²) in [6.45, 7) is 13.8. The van der Waals surface area contributed by atoms with Gasteiger partial charge in [-0.3, -0.25) is 4.79 Å². The van der Waals surface area contributed by atoms with Crippen LogP contribution in [-0.2, 0) is 38.4 Å². The molecule has 3 aromatic rings. The summed E-state index contributed by atoms with van der Waals surface area (Å²) in [7, 11) is 1.37. The van der Waals surface area contributed by atoms with E-state index < -0.39 is 29.3 Å². The third-order valence-electron chi connectivity index (χ3n) is 8.64. The lowest BCUT2D eigenvalue weighted by molar-refractivity contribution is -0.166. The number of carbonyl (C=O) groups is 2. The maximum atomic E-state index is 15.8. The molecule has 2 aliphatic rings. The molecule has 0 spiro atoms. The average molecular weight is 622 g/mol. The topological polar surface area (TPSA) is 74.3 Å². The van der Waals surface area contributed by atoms with Gasteiger partial charge < -0.3 is 23.8 Å². The number of para-hydroxylation sites is 1. The van der Waals surface area contributed by atoms with E-state index in [9.17, 15) is 14.0 Å². The van der Waals surface area contributed by atoms with Crippen LogP contribution >= 0.6 is 0 Å². The Morgan fingerprint density at radius 3 is 2.44 bits per heavy atom. The van der Waals surface area contributed by atoms with Gasteiger partial charge in [0.1, 0.15) is 0 Å². The summed E-state index contributed by atoms with van der Waals surface area (Å²) in [6.07, 6.45) is 0.281. The lowest BCUT2D eigenvalue weighted by atomic mass is 9.78. The van der Waals surface area contributed by atoms with Crippen LogP contribution in [0.2, 0.25) is 0 Å². The van der Waals surface area contributed by atoms with Crippen LogP contribution in [0.3, 0.4) is 0 Å². The summed E-state index contributed by atoms with van der Waals surface area (Å²) >= 11 is 0. The van der Waals surface area contributed by atoms with Gasteiger partial charge in [-0.25, -0.2) is 13.6 Å². The maximum Gasteiger partial charge on any atom is 0.339 e. The molecule has 0 N–H and O–H groups in total. The van der Waals surface area contributed by atoms with E-state index in [1.807, 2.05) is 41.5 Å². The predicted octanol–water partition coefficient (Wildman–Crippen LogP) is 7.40. The highest BCUT2D eigenvalue weighted by Gasteiger charge is 2.38. The lowest BCUT2D eigenvalue weighted by Crippen LogP contribution is -2.38. The minimum atomic E-state index is -1.14. The van der Waals surface area contributed by atoms with Crippen molar-refractivity contribution in [2.45, 2.75) is 86.0 Å². The molecule has 45 heavy (non-hydrogen) atoms. The van der Waals surface area contributed by atoms with Crippen molar-refractivity contribution in [1.29, 1.82) is 0 Å². The van der Waals surface area contributed by atoms with Crippen molar-refractivity contribution in [1.82, 2.24) is 0 Å². The van der Waals surface area contributed by atoms with E-state index >= 15 is 4.39 Å². The molecule has 1 unspecified atom stereocenters. The number of nitrogens with zero attached hydrogens (tertiary/aromatic N) is 1. The summed E-state index contributed by atoms with van der Waals surface area (Å²) in [6, 6.07) is 5.95. The number of hydrogen-bond donors (Lipinski definition) is 0. The molecule has 7 nitrogen and oxygen atoms in total. The van der Waals surface area contributed by atoms with Crippen molar-refractivity contribution in [3.05, 3.63) is 74.8 Å². The zero-order chi connectivity index (χ0) is 32.8. The van der Waals surface area contributed by atoms with Gasteiger partial charge in [0.15, 0.2) is 29.2 Å². The van der Waals surface area contributed by atoms with Gasteiger partial charge in [-0.05, 0) is 118 Å². The van der Waals surface area contributed by atoms with Gasteiger partial charge in [0.05, 0.1) is 44.6 Å². The Hall–Kier alpha value is -3.98. The molecule has 240 valence electrons. The number of halogens is 2. The van der Waals surface area contributed by atoms with Crippen molar-refractivity contribution < 1.29 is 37.3 Å². The minimum absolute atomic E-state index is 0.00535. The number of hydrogen-bond acceptors (Lipinski definition) is 6. The SMILES string of the molecule is CCOC(=O)C(OC(C)(C)C)c1c(C)c2c(c(C)c1-c1cc(F)c3c(c1C)CCCO3)CN(c1cccc(F)c1OC)C(=O)C2. The summed E-state index contributed by atoms with van der Waals surface area (Å²) < 4.78 is 53.5. The molecule has 1 amide bonds. The van der Waals surface area contributed by atoms with Gasteiger partial charge >= 0.3 is 5.97 Å². The molecule has 5 rings (SSSR count). The lowest BCUT2D eigenvalue weighted by Gasteiger charge is -2.36. The zero-order valence-corrected chi connectivity index (χ0v) is 27.3. The van der Waals surface area contributed by atoms with Crippen molar-refractivity contribution in [3.8, 4) is 22.6 Å². The van der Waals surface area contributed by atoms with Crippen LogP contribution < -0.4 is 14.4 Å². The number of carbonyl (C=O) groups excluding carboxylic acids is 2. The van der Waals surface area contributed by atoms with Gasteiger partial charge in [0.2, 0.25) is 5.91 Å². The molecular weight excluding hydrogens is 580 g/mol. The Morgan fingerprint density at radius 1 is 1.04 bits per heavy atom. The third-order valence-corrected chi connectivity index (χ3v) is 8.64. The Balaban J connectivity index is 1.82. The van der Waals surface area contributed by atoms with Gasteiger partial charge in [-0.1, -0.05) is 6.07 Å². The average Bonchev–Trinajstić information content (AvgIpc) is 2.99. The molecule has 2 heterocycles. The van der Waals surface area contributed by atoms with Crippen LogP contribution in [0.5, 0.6) is 11.5 Å². The Labute approximate surface area is 263 Å². The van der Waals surface area contributed by atoms with Gasteiger partial charge in [0.25, 0.3) is 0 Å². The van der Waals surface area contributed by atoms with Crippen LogP contribution in [-0.4, -0.2) is 37.8 Å². The highest BCUT2D eigenvalue weighted by molar-refractivity contribution is 5.99. The summed E-state index contributed by atoms with van der Waals surface area (Å²) in [5.41, 5.74) is 6.10. The second kappa shape index (κ2) is 12.4. The Kier molecular flexibility index (Phi) is 8.95. The molecule has 3 aromatic carbocycles. The molecule has 2 aliphatic heterocycles. The van der Waals surface area contributed by atoms with E-state index in [0.717, 1.165) is 34.2 Å². The largest absolute Gasteiger partial charge is 0.492 e. The quantitative estimate of drug-likeness (QED) is 0.256. The summed E-state index contributed by atoms with van der Waals surface area (Å²) in [4.78, 5) is 28.9. The fraction of sp³-hybridized carbons (Fsp3) is 0.444. The Morgan fingerprint density at radius 2 is 1.78 bits per heavy atom. The highest BCUT2D eigenvalue weighted by atomic mass is 19.1. The van der Waals surface area contributed by atoms with Crippen LogP contribution in [0.25, 0.3) is 11.1 Å². The first kappa shape index (κ1) is 32.4. The van der Waals surface area contributed by atoms with E-state index in [0.29, 0.717) is 41.0 Å². The maximum absolute atomic E-state index is 15.8. The fourth-order valence-corrected chi connectivity index (χ4v) is 6.62. The highest BCUT2D eigenvalue weighted by Crippen LogP contribution is 2.47.